The van der Waals surface area contributed by atoms with E-state index < -0.39 is 0 Å². The minimum atomic E-state index is -0.376. The number of amides is 1. The Morgan fingerprint density at radius 3 is 2.64 bits per heavy atom. The molecule has 62 valence electrons. The van der Waals surface area contributed by atoms with Crippen LogP contribution < -0.4 is 5.73 Å². The molecule has 0 bridgehead atoms. The number of rotatable bonds is 2. The summed E-state index contributed by atoms with van der Waals surface area (Å²) in [5.74, 6) is -0.376. The molecule has 0 spiro atoms. The second-order valence-corrected chi connectivity index (χ2v) is 1.67. The van der Waals surface area contributed by atoms with Gasteiger partial charge in [-0.25, -0.2) is 0 Å². The second-order valence-electron chi connectivity index (χ2n) is 1.67. The van der Waals surface area contributed by atoms with E-state index in [-0.39, 0.29) is 12.5 Å². The highest BCUT2D eigenvalue weighted by molar-refractivity contribution is 5.73. The zero-order valence-corrected chi connectivity index (χ0v) is 6.82. The first kappa shape index (κ1) is 9.68. The summed E-state index contributed by atoms with van der Waals surface area (Å²) in [6.45, 7) is 4.16. The summed E-state index contributed by atoms with van der Waals surface area (Å²) in [5.41, 5.74) is 4.88. The first-order chi connectivity index (χ1) is 5.29. The van der Waals surface area contributed by atoms with Crippen LogP contribution in [-0.4, -0.2) is 15.7 Å². The number of aromatic nitrogens is 2. The van der Waals surface area contributed by atoms with E-state index in [2.05, 4.69) is 5.10 Å². The average Bonchev–Trinajstić information content (AvgIpc) is 2.43. The van der Waals surface area contributed by atoms with E-state index in [4.69, 9.17) is 5.73 Å². The molecule has 0 aliphatic carbocycles. The van der Waals surface area contributed by atoms with Gasteiger partial charge in [0.15, 0.2) is 0 Å². The van der Waals surface area contributed by atoms with Crippen LogP contribution in [0.3, 0.4) is 0 Å². The Labute approximate surface area is 66.0 Å². The van der Waals surface area contributed by atoms with Crippen LogP contribution in [0.4, 0.5) is 0 Å². The summed E-state index contributed by atoms with van der Waals surface area (Å²) in [6, 6.07) is 1.74. The summed E-state index contributed by atoms with van der Waals surface area (Å²) < 4.78 is 1.47. The number of carbonyl (C=O) groups is 1. The SMILES string of the molecule is CC.NC(=O)Cn1cccn1. The van der Waals surface area contributed by atoms with Gasteiger partial charge in [0.05, 0.1) is 0 Å². The lowest BCUT2D eigenvalue weighted by Gasteiger charge is -1.92. The predicted octanol–water partition coefficient (Wildman–Crippen LogP) is 0.395. The maximum atomic E-state index is 10.2. The number of primary amides is 1. The Balaban J connectivity index is 0.000000461. The fraction of sp³-hybridized carbons (Fsp3) is 0.429. The van der Waals surface area contributed by atoms with Gasteiger partial charge in [-0.1, -0.05) is 13.8 Å². The van der Waals surface area contributed by atoms with Gasteiger partial charge in [0, 0.05) is 12.4 Å². The van der Waals surface area contributed by atoms with Crippen molar-refractivity contribution in [3.05, 3.63) is 18.5 Å². The van der Waals surface area contributed by atoms with E-state index >= 15 is 0 Å². The van der Waals surface area contributed by atoms with E-state index in [1.54, 1.807) is 18.5 Å². The van der Waals surface area contributed by atoms with Gasteiger partial charge in [0.1, 0.15) is 6.54 Å². The third-order valence-electron chi connectivity index (χ3n) is 0.877. The molecule has 1 heterocycles. The largest absolute Gasteiger partial charge is 0.368 e. The molecule has 0 aromatic carbocycles. The summed E-state index contributed by atoms with van der Waals surface area (Å²) in [6.07, 6.45) is 3.29. The van der Waals surface area contributed by atoms with Crippen molar-refractivity contribution < 1.29 is 4.79 Å². The zero-order valence-electron chi connectivity index (χ0n) is 6.82. The maximum absolute atomic E-state index is 10.2. The van der Waals surface area contributed by atoms with Crippen molar-refractivity contribution in [3.63, 3.8) is 0 Å². The number of hydrogen-bond acceptors (Lipinski definition) is 2. The number of hydrogen-bond donors (Lipinski definition) is 1. The van der Waals surface area contributed by atoms with Gasteiger partial charge in [0.25, 0.3) is 0 Å². The summed E-state index contributed by atoms with van der Waals surface area (Å²) in [7, 11) is 0. The fourth-order valence-corrected chi connectivity index (χ4v) is 0.554. The lowest BCUT2D eigenvalue weighted by atomic mass is 10.6. The second kappa shape index (κ2) is 5.46. The van der Waals surface area contributed by atoms with Gasteiger partial charge in [-0.15, -0.1) is 0 Å². The van der Waals surface area contributed by atoms with Crippen molar-refractivity contribution in [2.45, 2.75) is 20.4 Å². The molecule has 4 heteroatoms. The molecule has 11 heavy (non-hydrogen) atoms. The van der Waals surface area contributed by atoms with Crippen LogP contribution in [0, 0.1) is 0 Å². The van der Waals surface area contributed by atoms with Crippen molar-refractivity contribution in [3.8, 4) is 0 Å². The normalized spacial score (nSPS) is 8.18. The molecule has 4 nitrogen and oxygen atoms in total. The van der Waals surface area contributed by atoms with Gasteiger partial charge in [-0.3, -0.25) is 9.48 Å². The molecular weight excluding hydrogens is 142 g/mol. The Morgan fingerprint density at radius 1 is 1.64 bits per heavy atom. The van der Waals surface area contributed by atoms with Crippen LogP contribution in [0.5, 0.6) is 0 Å². The van der Waals surface area contributed by atoms with Crippen molar-refractivity contribution in [1.29, 1.82) is 0 Å². The van der Waals surface area contributed by atoms with Crippen LogP contribution in [0.2, 0.25) is 0 Å². The molecule has 0 aliphatic heterocycles. The monoisotopic (exact) mass is 155 g/mol. The summed E-state index contributed by atoms with van der Waals surface area (Å²) in [4.78, 5) is 10.2. The quantitative estimate of drug-likeness (QED) is 0.671. The fourth-order valence-electron chi connectivity index (χ4n) is 0.554. The predicted molar refractivity (Wildman–Crippen MR) is 42.8 cm³/mol. The molecule has 0 saturated carbocycles. The lowest BCUT2D eigenvalue weighted by molar-refractivity contribution is -0.118. The van der Waals surface area contributed by atoms with Crippen molar-refractivity contribution in [2.24, 2.45) is 5.73 Å². The average molecular weight is 155 g/mol. The summed E-state index contributed by atoms with van der Waals surface area (Å²) >= 11 is 0. The van der Waals surface area contributed by atoms with Crippen molar-refractivity contribution >= 4 is 5.91 Å². The van der Waals surface area contributed by atoms with Crippen LogP contribution in [0.25, 0.3) is 0 Å². The first-order valence-corrected chi connectivity index (χ1v) is 3.55. The van der Waals surface area contributed by atoms with Gasteiger partial charge in [-0.2, -0.15) is 5.10 Å². The first-order valence-electron chi connectivity index (χ1n) is 3.55. The standard InChI is InChI=1S/C5H7N3O.C2H6/c6-5(9)4-8-3-1-2-7-8;1-2/h1-3H,4H2,(H2,6,9);1-2H3. The zero-order chi connectivity index (χ0) is 8.69. The maximum Gasteiger partial charge on any atom is 0.239 e. The third-order valence-corrected chi connectivity index (χ3v) is 0.877. The van der Waals surface area contributed by atoms with E-state index in [9.17, 15) is 4.79 Å². The number of nitrogens with two attached hydrogens (primary N) is 1. The van der Waals surface area contributed by atoms with Gasteiger partial charge < -0.3 is 5.73 Å². The van der Waals surface area contributed by atoms with Crippen molar-refractivity contribution in [2.75, 3.05) is 0 Å². The Morgan fingerprint density at radius 2 is 2.27 bits per heavy atom. The smallest absolute Gasteiger partial charge is 0.239 e. The van der Waals surface area contributed by atoms with Crippen LogP contribution in [-0.2, 0) is 11.3 Å². The van der Waals surface area contributed by atoms with E-state index in [1.165, 1.54) is 4.68 Å². The summed E-state index contributed by atoms with van der Waals surface area (Å²) in [5, 5.41) is 3.77. The van der Waals surface area contributed by atoms with E-state index in [1.807, 2.05) is 13.8 Å². The molecule has 1 amide bonds. The lowest BCUT2D eigenvalue weighted by Crippen LogP contribution is -2.18. The molecule has 0 saturated heterocycles. The van der Waals surface area contributed by atoms with Gasteiger partial charge in [-0.05, 0) is 6.07 Å². The molecule has 0 aliphatic rings. The number of carbonyl (C=O) groups excluding carboxylic acids is 1. The molecular formula is C7H13N3O. The third kappa shape index (κ3) is 4.13. The highest BCUT2D eigenvalue weighted by Gasteiger charge is 1.93. The van der Waals surface area contributed by atoms with Gasteiger partial charge >= 0.3 is 0 Å². The van der Waals surface area contributed by atoms with Crippen LogP contribution in [0.1, 0.15) is 13.8 Å². The van der Waals surface area contributed by atoms with Gasteiger partial charge in [0.2, 0.25) is 5.91 Å². The Hall–Kier alpha value is -1.32. The minimum Gasteiger partial charge on any atom is -0.368 e. The van der Waals surface area contributed by atoms with Crippen LogP contribution >= 0.6 is 0 Å². The highest BCUT2D eigenvalue weighted by atomic mass is 16.1. The van der Waals surface area contributed by atoms with Crippen LogP contribution in [0.15, 0.2) is 18.5 Å². The number of nitrogens with zero attached hydrogens (tertiary/aromatic N) is 2. The molecule has 1 rings (SSSR count). The molecule has 0 fully saturated rings. The van der Waals surface area contributed by atoms with E-state index in [0.717, 1.165) is 0 Å². The topological polar surface area (TPSA) is 60.9 Å². The van der Waals surface area contributed by atoms with Crippen molar-refractivity contribution in [1.82, 2.24) is 9.78 Å². The molecule has 0 unspecified atom stereocenters. The molecule has 1 aromatic rings. The molecule has 0 atom stereocenters. The molecule has 2 N–H and O–H groups in total. The minimum absolute atomic E-state index is 0.160. The molecule has 0 radical (unpaired) electrons. The Bertz CT molecular complexity index is 193. The Kier molecular flexibility index (Phi) is 4.81. The van der Waals surface area contributed by atoms with E-state index in [0.29, 0.717) is 0 Å². The molecule has 1 aromatic heterocycles. The highest BCUT2D eigenvalue weighted by Crippen LogP contribution is 1.81.